The van der Waals surface area contributed by atoms with E-state index in [9.17, 15) is 5.11 Å². The van der Waals surface area contributed by atoms with Crippen LogP contribution in [0.25, 0.3) is 0 Å². The molecule has 0 aliphatic heterocycles. The van der Waals surface area contributed by atoms with Crippen molar-refractivity contribution in [2.75, 3.05) is 6.61 Å². The normalized spacial score (nSPS) is 18.2. The number of aryl methyl sites for hydroxylation is 2. The molecule has 0 fully saturated rings. The van der Waals surface area contributed by atoms with Crippen LogP contribution in [-0.4, -0.2) is 22.9 Å². The second kappa shape index (κ2) is 6.05. The van der Waals surface area contributed by atoms with E-state index in [0.29, 0.717) is 6.42 Å². The molecule has 0 saturated heterocycles. The Labute approximate surface area is 114 Å². The molecule has 0 spiro atoms. The van der Waals surface area contributed by atoms with Crippen molar-refractivity contribution in [1.82, 2.24) is 0 Å². The summed E-state index contributed by atoms with van der Waals surface area (Å²) < 4.78 is 0. The van der Waals surface area contributed by atoms with Gasteiger partial charge in [-0.1, -0.05) is 24.6 Å². The molecule has 0 saturated carbocycles. The molecule has 2 unspecified atom stereocenters. The number of rotatable bonds is 4. The summed E-state index contributed by atoms with van der Waals surface area (Å²) in [7, 11) is 0. The lowest BCUT2D eigenvalue weighted by atomic mass is 9.86. The van der Waals surface area contributed by atoms with Crippen LogP contribution in [0.4, 0.5) is 0 Å². The van der Waals surface area contributed by atoms with Gasteiger partial charge in [0.2, 0.25) is 0 Å². The number of benzene rings is 1. The predicted octanol–water partition coefficient (Wildman–Crippen LogP) is 3.07. The summed E-state index contributed by atoms with van der Waals surface area (Å²) in [5.41, 5.74) is 3.89. The first-order chi connectivity index (χ1) is 8.61. The Hall–Kier alpha value is -0.570. The highest BCUT2D eigenvalue weighted by Crippen LogP contribution is 2.33. The Balaban J connectivity index is 2.22. The molecular formula is C15H21ClO2. The lowest BCUT2D eigenvalue weighted by Gasteiger charge is -2.22. The van der Waals surface area contributed by atoms with E-state index in [2.05, 4.69) is 19.1 Å². The van der Waals surface area contributed by atoms with Crippen LogP contribution >= 0.6 is 11.6 Å². The lowest BCUT2D eigenvalue weighted by Crippen LogP contribution is -2.15. The molecule has 1 aliphatic rings. The maximum atomic E-state index is 9.53. The third-order valence-corrected chi connectivity index (χ3v) is 4.16. The molecule has 3 heteroatoms. The molecule has 0 bridgehead atoms. The van der Waals surface area contributed by atoms with Crippen molar-refractivity contribution in [3.63, 3.8) is 0 Å². The Morgan fingerprint density at radius 2 is 1.83 bits per heavy atom. The topological polar surface area (TPSA) is 40.5 Å². The maximum Gasteiger partial charge on any atom is 0.0776 e. The van der Waals surface area contributed by atoms with E-state index in [0.717, 1.165) is 23.4 Å². The number of aliphatic hydroxyl groups is 2. The van der Waals surface area contributed by atoms with Crippen LogP contribution in [0.15, 0.2) is 12.1 Å². The van der Waals surface area contributed by atoms with Crippen molar-refractivity contribution in [2.24, 2.45) is 0 Å². The molecule has 1 aliphatic carbocycles. The van der Waals surface area contributed by atoms with Gasteiger partial charge in [0.05, 0.1) is 12.7 Å². The van der Waals surface area contributed by atoms with Gasteiger partial charge in [-0.05, 0) is 60.8 Å². The van der Waals surface area contributed by atoms with Crippen molar-refractivity contribution in [3.8, 4) is 0 Å². The fraction of sp³-hybridized carbons (Fsp3) is 0.600. The van der Waals surface area contributed by atoms with Gasteiger partial charge in [0, 0.05) is 5.02 Å². The molecule has 0 amide bonds. The Bertz CT molecular complexity index is 417. The van der Waals surface area contributed by atoms with E-state index >= 15 is 0 Å². The van der Waals surface area contributed by atoms with Gasteiger partial charge in [0.15, 0.2) is 0 Å². The van der Waals surface area contributed by atoms with E-state index in [4.69, 9.17) is 16.7 Å². The average molecular weight is 269 g/mol. The zero-order valence-corrected chi connectivity index (χ0v) is 11.6. The standard InChI is InChI=1S/C15H21ClO2/c1-10(6-13(18)9-17)14-7-11-4-2-3-5-12(11)8-15(14)16/h7-8,10,13,17-18H,2-6,9H2,1H3. The van der Waals surface area contributed by atoms with Crippen LogP contribution in [0.1, 0.15) is 48.8 Å². The molecular weight excluding hydrogens is 248 g/mol. The number of hydrogen-bond acceptors (Lipinski definition) is 2. The predicted molar refractivity (Wildman–Crippen MR) is 74.2 cm³/mol. The quantitative estimate of drug-likeness (QED) is 0.881. The Kier molecular flexibility index (Phi) is 4.66. The fourth-order valence-electron chi connectivity index (χ4n) is 2.76. The first-order valence-corrected chi connectivity index (χ1v) is 7.09. The third kappa shape index (κ3) is 3.05. The number of aliphatic hydroxyl groups excluding tert-OH is 2. The molecule has 0 heterocycles. The zero-order chi connectivity index (χ0) is 13.1. The average Bonchev–Trinajstić information content (AvgIpc) is 2.37. The van der Waals surface area contributed by atoms with Gasteiger partial charge in [-0.25, -0.2) is 0 Å². The second-order valence-corrected chi connectivity index (χ2v) is 5.73. The Morgan fingerprint density at radius 1 is 1.22 bits per heavy atom. The molecule has 0 radical (unpaired) electrons. The highest BCUT2D eigenvalue weighted by Gasteiger charge is 2.18. The van der Waals surface area contributed by atoms with E-state index < -0.39 is 6.10 Å². The number of hydrogen-bond donors (Lipinski definition) is 2. The molecule has 2 rings (SSSR count). The van der Waals surface area contributed by atoms with E-state index in [1.54, 1.807) is 0 Å². The fourth-order valence-corrected chi connectivity index (χ4v) is 3.13. The monoisotopic (exact) mass is 268 g/mol. The van der Waals surface area contributed by atoms with Gasteiger partial charge < -0.3 is 10.2 Å². The van der Waals surface area contributed by atoms with Crippen LogP contribution in [0.2, 0.25) is 5.02 Å². The smallest absolute Gasteiger partial charge is 0.0776 e. The number of halogens is 1. The summed E-state index contributed by atoms with van der Waals surface area (Å²) in [5, 5.41) is 19.2. The van der Waals surface area contributed by atoms with Gasteiger partial charge in [-0.15, -0.1) is 0 Å². The van der Waals surface area contributed by atoms with Crippen LogP contribution in [-0.2, 0) is 12.8 Å². The van der Waals surface area contributed by atoms with Crippen molar-refractivity contribution in [3.05, 3.63) is 33.8 Å². The van der Waals surface area contributed by atoms with Gasteiger partial charge in [-0.2, -0.15) is 0 Å². The van der Waals surface area contributed by atoms with E-state index in [1.165, 1.54) is 24.0 Å². The zero-order valence-electron chi connectivity index (χ0n) is 10.8. The molecule has 100 valence electrons. The van der Waals surface area contributed by atoms with Crippen molar-refractivity contribution in [2.45, 2.75) is 51.0 Å². The summed E-state index contributed by atoms with van der Waals surface area (Å²) in [5.74, 6) is 0.173. The summed E-state index contributed by atoms with van der Waals surface area (Å²) in [6.45, 7) is 1.86. The minimum atomic E-state index is -0.660. The molecule has 2 atom stereocenters. The molecule has 2 N–H and O–H groups in total. The van der Waals surface area contributed by atoms with Crippen molar-refractivity contribution >= 4 is 11.6 Å². The summed E-state index contributed by atoms with van der Waals surface area (Å²) in [6, 6.07) is 4.29. The molecule has 2 nitrogen and oxygen atoms in total. The van der Waals surface area contributed by atoms with Crippen molar-refractivity contribution < 1.29 is 10.2 Å². The molecule has 1 aromatic rings. The van der Waals surface area contributed by atoms with Gasteiger partial charge >= 0.3 is 0 Å². The van der Waals surface area contributed by atoms with Crippen LogP contribution in [0.3, 0.4) is 0 Å². The van der Waals surface area contributed by atoms with Crippen LogP contribution in [0.5, 0.6) is 0 Å². The SMILES string of the molecule is CC(CC(O)CO)c1cc2c(cc1Cl)CCCC2. The number of fused-ring (bicyclic) bond motifs is 1. The van der Waals surface area contributed by atoms with Crippen LogP contribution < -0.4 is 0 Å². The molecule has 1 aromatic carbocycles. The third-order valence-electron chi connectivity index (χ3n) is 3.83. The highest BCUT2D eigenvalue weighted by atomic mass is 35.5. The summed E-state index contributed by atoms with van der Waals surface area (Å²) in [6.07, 6.45) is 4.66. The van der Waals surface area contributed by atoms with E-state index in [1.807, 2.05) is 0 Å². The summed E-state index contributed by atoms with van der Waals surface area (Å²) in [4.78, 5) is 0. The minimum Gasteiger partial charge on any atom is -0.394 e. The van der Waals surface area contributed by atoms with Gasteiger partial charge in [0.25, 0.3) is 0 Å². The minimum absolute atomic E-state index is 0.173. The van der Waals surface area contributed by atoms with Crippen molar-refractivity contribution in [1.29, 1.82) is 0 Å². The molecule has 0 aromatic heterocycles. The van der Waals surface area contributed by atoms with Gasteiger partial charge in [0.1, 0.15) is 0 Å². The lowest BCUT2D eigenvalue weighted by molar-refractivity contribution is 0.0835. The van der Waals surface area contributed by atoms with Gasteiger partial charge in [-0.3, -0.25) is 0 Å². The first-order valence-electron chi connectivity index (χ1n) is 6.72. The Morgan fingerprint density at radius 3 is 2.44 bits per heavy atom. The first kappa shape index (κ1) is 13.9. The second-order valence-electron chi connectivity index (χ2n) is 5.32. The largest absolute Gasteiger partial charge is 0.394 e. The van der Waals surface area contributed by atoms with Crippen LogP contribution in [0, 0.1) is 0 Å². The maximum absolute atomic E-state index is 9.53. The molecule has 18 heavy (non-hydrogen) atoms. The van der Waals surface area contributed by atoms with E-state index in [-0.39, 0.29) is 12.5 Å². The summed E-state index contributed by atoms with van der Waals surface area (Å²) >= 11 is 6.34. The highest BCUT2D eigenvalue weighted by molar-refractivity contribution is 6.31.